The van der Waals surface area contributed by atoms with Gasteiger partial charge in [-0.2, -0.15) is 0 Å². The molecule has 0 aliphatic heterocycles. The molecular weight excluding hydrogens is 184 g/mol. The predicted molar refractivity (Wildman–Crippen MR) is 50.6 cm³/mol. The lowest BCUT2D eigenvalue weighted by Crippen LogP contribution is -2.07. The first kappa shape index (κ1) is 10.5. The Bertz CT molecular complexity index is 357. The van der Waals surface area contributed by atoms with Crippen molar-refractivity contribution in [2.75, 3.05) is 7.11 Å². The molecule has 14 heavy (non-hydrogen) atoms. The van der Waals surface area contributed by atoms with Crippen LogP contribution in [0.15, 0.2) is 12.1 Å². The molecule has 76 valence electrons. The summed E-state index contributed by atoms with van der Waals surface area (Å²) in [7, 11) is 1.40. The van der Waals surface area contributed by atoms with Gasteiger partial charge < -0.3 is 14.9 Å². The van der Waals surface area contributed by atoms with E-state index in [1.54, 1.807) is 19.1 Å². The second-order valence-corrected chi connectivity index (χ2v) is 2.90. The Balaban J connectivity index is 3.43. The summed E-state index contributed by atoms with van der Waals surface area (Å²) in [4.78, 5) is 10.9. The summed E-state index contributed by atoms with van der Waals surface area (Å²) in [5.41, 5.74) is 1.18. The quantitative estimate of drug-likeness (QED) is 0.762. The summed E-state index contributed by atoms with van der Waals surface area (Å²) in [6.45, 7) is 1.45. The molecule has 0 atom stereocenters. The van der Waals surface area contributed by atoms with Gasteiger partial charge >= 0.3 is 5.97 Å². The molecule has 1 aromatic rings. The first-order chi connectivity index (χ1) is 6.61. The first-order valence-electron chi connectivity index (χ1n) is 4.12. The highest BCUT2D eigenvalue weighted by Gasteiger charge is 2.17. The first-order valence-corrected chi connectivity index (χ1v) is 4.12. The molecule has 0 aliphatic carbocycles. The molecule has 0 aromatic heterocycles. The zero-order chi connectivity index (χ0) is 10.7. The molecule has 0 unspecified atom stereocenters. The van der Waals surface area contributed by atoms with Gasteiger partial charge in [-0.3, -0.25) is 0 Å². The minimum atomic E-state index is -1.09. The summed E-state index contributed by atoms with van der Waals surface area (Å²) in [5.74, 6) is -0.818. The molecule has 0 saturated carbocycles. The molecule has 0 radical (unpaired) electrons. The SMILES string of the molecule is COc1ccc(C)c(CO)c1C(=O)O. The van der Waals surface area contributed by atoms with Gasteiger partial charge in [-0.1, -0.05) is 6.07 Å². The summed E-state index contributed by atoms with van der Waals surface area (Å²) < 4.78 is 4.91. The Labute approximate surface area is 81.8 Å². The molecule has 0 bridgehead atoms. The van der Waals surface area contributed by atoms with Crippen LogP contribution in [0.1, 0.15) is 21.5 Å². The summed E-state index contributed by atoms with van der Waals surface area (Å²) >= 11 is 0. The Morgan fingerprint density at radius 1 is 1.50 bits per heavy atom. The van der Waals surface area contributed by atoms with E-state index in [4.69, 9.17) is 14.9 Å². The maximum absolute atomic E-state index is 10.9. The smallest absolute Gasteiger partial charge is 0.339 e. The minimum Gasteiger partial charge on any atom is -0.496 e. The fourth-order valence-corrected chi connectivity index (χ4v) is 1.34. The van der Waals surface area contributed by atoms with Crippen molar-refractivity contribution in [2.45, 2.75) is 13.5 Å². The highest BCUT2D eigenvalue weighted by atomic mass is 16.5. The summed E-state index contributed by atoms with van der Waals surface area (Å²) in [6.07, 6.45) is 0. The average Bonchev–Trinajstić information content (AvgIpc) is 2.17. The molecule has 4 nitrogen and oxygen atoms in total. The van der Waals surface area contributed by atoms with Crippen LogP contribution in [0.2, 0.25) is 0 Å². The number of carbonyl (C=O) groups is 1. The van der Waals surface area contributed by atoms with Crippen LogP contribution in [0.5, 0.6) is 5.75 Å². The van der Waals surface area contributed by atoms with E-state index in [1.807, 2.05) is 0 Å². The van der Waals surface area contributed by atoms with E-state index in [0.29, 0.717) is 5.56 Å². The third-order valence-corrected chi connectivity index (χ3v) is 2.10. The number of carboxylic acids is 1. The van der Waals surface area contributed by atoms with Crippen LogP contribution in [0.3, 0.4) is 0 Å². The van der Waals surface area contributed by atoms with Crippen molar-refractivity contribution in [3.63, 3.8) is 0 Å². The van der Waals surface area contributed by atoms with Crippen molar-refractivity contribution in [3.05, 3.63) is 28.8 Å². The van der Waals surface area contributed by atoms with Crippen LogP contribution in [-0.4, -0.2) is 23.3 Å². The zero-order valence-corrected chi connectivity index (χ0v) is 8.07. The van der Waals surface area contributed by atoms with Crippen LogP contribution >= 0.6 is 0 Å². The third kappa shape index (κ3) is 1.70. The van der Waals surface area contributed by atoms with Gasteiger partial charge in [0.15, 0.2) is 0 Å². The van der Waals surface area contributed by atoms with E-state index in [2.05, 4.69) is 0 Å². The molecule has 4 heteroatoms. The maximum Gasteiger partial charge on any atom is 0.339 e. The third-order valence-electron chi connectivity index (χ3n) is 2.10. The van der Waals surface area contributed by atoms with Gasteiger partial charge in [-0.25, -0.2) is 4.79 Å². The molecule has 1 rings (SSSR count). The number of carboxylic acid groups (broad SMARTS) is 1. The van der Waals surface area contributed by atoms with Crippen LogP contribution in [0, 0.1) is 6.92 Å². The van der Waals surface area contributed by atoms with Crippen molar-refractivity contribution in [1.29, 1.82) is 0 Å². The zero-order valence-electron chi connectivity index (χ0n) is 8.07. The van der Waals surface area contributed by atoms with Gasteiger partial charge in [-0.05, 0) is 24.1 Å². The molecule has 0 fully saturated rings. The Morgan fingerprint density at radius 3 is 2.57 bits per heavy atom. The lowest BCUT2D eigenvalue weighted by atomic mass is 10.0. The van der Waals surface area contributed by atoms with Gasteiger partial charge in [0.05, 0.1) is 13.7 Å². The molecule has 0 aliphatic rings. The number of aryl methyl sites for hydroxylation is 1. The molecular formula is C10H12O4. The fourth-order valence-electron chi connectivity index (χ4n) is 1.34. The van der Waals surface area contributed by atoms with Gasteiger partial charge in [-0.15, -0.1) is 0 Å². The monoisotopic (exact) mass is 196 g/mol. The molecule has 1 aromatic carbocycles. The van der Waals surface area contributed by atoms with Gasteiger partial charge in [0, 0.05) is 0 Å². The number of aromatic carboxylic acids is 1. The Kier molecular flexibility index (Phi) is 3.09. The molecule has 0 saturated heterocycles. The highest BCUT2D eigenvalue weighted by molar-refractivity contribution is 5.93. The molecule has 0 amide bonds. The second kappa shape index (κ2) is 4.11. The van der Waals surface area contributed by atoms with E-state index < -0.39 is 5.97 Å². The second-order valence-electron chi connectivity index (χ2n) is 2.90. The molecule has 2 N–H and O–H groups in total. The maximum atomic E-state index is 10.9. The van der Waals surface area contributed by atoms with Crippen molar-refractivity contribution < 1.29 is 19.7 Å². The standard InChI is InChI=1S/C10H12O4/c1-6-3-4-8(14-2)9(10(12)13)7(6)5-11/h3-4,11H,5H2,1-2H3,(H,12,13). The van der Waals surface area contributed by atoms with E-state index >= 15 is 0 Å². The number of hydrogen-bond donors (Lipinski definition) is 2. The summed E-state index contributed by atoms with van der Waals surface area (Å²) in [5, 5.41) is 18.0. The van der Waals surface area contributed by atoms with Crippen LogP contribution in [-0.2, 0) is 6.61 Å². The minimum absolute atomic E-state index is 0.0370. The van der Waals surface area contributed by atoms with Crippen LogP contribution in [0.25, 0.3) is 0 Å². The number of hydrogen-bond acceptors (Lipinski definition) is 3. The van der Waals surface area contributed by atoms with Crippen LogP contribution in [0.4, 0.5) is 0 Å². The number of benzene rings is 1. The van der Waals surface area contributed by atoms with Gasteiger partial charge in [0.2, 0.25) is 0 Å². The van der Waals surface area contributed by atoms with E-state index in [-0.39, 0.29) is 17.9 Å². The summed E-state index contributed by atoms with van der Waals surface area (Å²) in [6, 6.07) is 3.30. The molecule has 0 spiro atoms. The van der Waals surface area contributed by atoms with Gasteiger partial charge in [0.1, 0.15) is 11.3 Å². The predicted octanol–water partition coefficient (Wildman–Crippen LogP) is 1.19. The Hall–Kier alpha value is -1.55. The number of ether oxygens (including phenoxy) is 1. The number of rotatable bonds is 3. The van der Waals surface area contributed by atoms with Gasteiger partial charge in [0.25, 0.3) is 0 Å². The number of aliphatic hydroxyl groups excluding tert-OH is 1. The fraction of sp³-hybridized carbons (Fsp3) is 0.300. The topological polar surface area (TPSA) is 66.8 Å². The van der Waals surface area contributed by atoms with Crippen molar-refractivity contribution in [1.82, 2.24) is 0 Å². The van der Waals surface area contributed by atoms with Crippen molar-refractivity contribution >= 4 is 5.97 Å². The highest BCUT2D eigenvalue weighted by Crippen LogP contribution is 2.25. The largest absolute Gasteiger partial charge is 0.496 e. The lowest BCUT2D eigenvalue weighted by molar-refractivity contribution is 0.0689. The number of methoxy groups -OCH3 is 1. The van der Waals surface area contributed by atoms with Crippen molar-refractivity contribution in [3.8, 4) is 5.75 Å². The van der Waals surface area contributed by atoms with Crippen LogP contribution < -0.4 is 4.74 Å². The van der Waals surface area contributed by atoms with E-state index in [9.17, 15) is 4.79 Å². The average molecular weight is 196 g/mol. The number of aliphatic hydroxyl groups is 1. The van der Waals surface area contributed by atoms with Crippen molar-refractivity contribution in [2.24, 2.45) is 0 Å². The van der Waals surface area contributed by atoms with E-state index in [0.717, 1.165) is 5.56 Å². The lowest BCUT2D eigenvalue weighted by Gasteiger charge is -2.11. The van der Waals surface area contributed by atoms with E-state index in [1.165, 1.54) is 7.11 Å². The normalized spacial score (nSPS) is 9.93. The Morgan fingerprint density at radius 2 is 2.14 bits per heavy atom. The molecule has 0 heterocycles.